The van der Waals surface area contributed by atoms with Crippen molar-refractivity contribution in [2.24, 2.45) is 0 Å². The van der Waals surface area contributed by atoms with Gasteiger partial charge in [-0.15, -0.1) is 11.3 Å². The van der Waals surface area contributed by atoms with Gasteiger partial charge in [0.15, 0.2) is 12.4 Å². The lowest BCUT2D eigenvalue weighted by Gasteiger charge is -2.07. The highest BCUT2D eigenvalue weighted by Gasteiger charge is 2.19. The standard InChI is InChI=1S/C20H20ClN3O2S/c21-14-8-5-4-6-12(14)10-17(25)26-11-16-23-19(22)18-13-7-2-1-3-9-15(13)27-20(18)24-16/h4-6,8H,1-3,7,9-11H2,(H2,22,23,24). The fourth-order valence-corrected chi connectivity index (χ4v) is 4.96. The van der Waals surface area contributed by atoms with Crippen LogP contribution in [0.3, 0.4) is 0 Å². The summed E-state index contributed by atoms with van der Waals surface area (Å²) in [5.74, 6) is 0.549. The second-order valence-corrected chi connectivity index (χ2v) is 8.19. The first-order chi connectivity index (χ1) is 13.1. The molecule has 3 aromatic rings. The van der Waals surface area contributed by atoms with E-state index in [1.54, 1.807) is 17.4 Å². The number of thiophene rings is 1. The van der Waals surface area contributed by atoms with Crippen LogP contribution in [0.1, 0.15) is 41.1 Å². The monoisotopic (exact) mass is 401 g/mol. The van der Waals surface area contributed by atoms with Crippen LogP contribution in [0.5, 0.6) is 0 Å². The predicted molar refractivity (Wildman–Crippen MR) is 108 cm³/mol. The minimum Gasteiger partial charge on any atom is -0.457 e. The molecule has 1 aromatic carbocycles. The minimum absolute atomic E-state index is 0.00595. The first-order valence-corrected chi connectivity index (χ1v) is 10.3. The van der Waals surface area contributed by atoms with Crippen LogP contribution in [-0.2, 0) is 35.4 Å². The summed E-state index contributed by atoms with van der Waals surface area (Å²) in [6.45, 7) is 0.00595. The average molecular weight is 402 g/mol. The summed E-state index contributed by atoms with van der Waals surface area (Å²) in [5.41, 5.74) is 8.27. The number of rotatable bonds is 4. The number of carbonyl (C=O) groups is 1. The number of halogens is 1. The lowest BCUT2D eigenvalue weighted by Crippen LogP contribution is -2.10. The van der Waals surface area contributed by atoms with Crippen molar-refractivity contribution in [3.05, 3.63) is 51.1 Å². The highest BCUT2D eigenvalue weighted by Crippen LogP contribution is 2.37. The molecule has 0 fully saturated rings. The molecule has 1 aliphatic carbocycles. The maximum Gasteiger partial charge on any atom is 0.310 e. The third-order valence-electron chi connectivity index (χ3n) is 4.79. The molecule has 2 N–H and O–H groups in total. The quantitative estimate of drug-likeness (QED) is 0.515. The fraction of sp³-hybridized carbons (Fsp3) is 0.350. The second-order valence-electron chi connectivity index (χ2n) is 6.70. The molecule has 27 heavy (non-hydrogen) atoms. The van der Waals surface area contributed by atoms with Gasteiger partial charge in [0, 0.05) is 9.90 Å². The van der Waals surface area contributed by atoms with Crippen molar-refractivity contribution in [1.29, 1.82) is 0 Å². The van der Waals surface area contributed by atoms with Gasteiger partial charge < -0.3 is 10.5 Å². The average Bonchev–Trinajstić information content (AvgIpc) is 2.84. The Kier molecular flexibility index (Phi) is 5.27. The lowest BCUT2D eigenvalue weighted by atomic mass is 10.1. The molecular weight excluding hydrogens is 382 g/mol. The molecule has 2 heterocycles. The Morgan fingerprint density at radius 2 is 2.00 bits per heavy atom. The molecule has 5 nitrogen and oxygen atoms in total. The number of anilines is 1. The van der Waals surface area contributed by atoms with E-state index in [2.05, 4.69) is 9.97 Å². The molecule has 0 radical (unpaired) electrons. The van der Waals surface area contributed by atoms with Crippen LogP contribution in [-0.4, -0.2) is 15.9 Å². The van der Waals surface area contributed by atoms with E-state index in [1.807, 2.05) is 18.2 Å². The van der Waals surface area contributed by atoms with Crippen molar-refractivity contribution >= 4 is 44.9 Å². The second kappa shape index (κ2) is 7.82. The normalized spacial score (nSPS) is 14.0. The van der Waals surface area contributed by atoms with E-state index in [1.165, 1.54) is 29.7 Å². The van der Waals surface area contributed by atoms with Crippen LogP contribution in [0.25, 0.3) is 10.2 Å². The number of hydrogen-bond acceptors (Lipinski definition) is 6. The van der Waals surface area contributed by atoms with Crippen molar-refractivity contribution in [3.8, 4) is 0 Å². The van der Waals surface area contributed by atoms with Gasteiger partial charge in [0.05, 0.1) is 11.8 Å². The van der Waals surface area contributed by atoms with Gasteiger partial charge in [-0.25, -0.2) is 9.97 Å². The maximum absolute atomic E-state index is 12.1. The number of aromatic nitrogens is 2. The van der Waals surface area contributed by atoms with Gasteiger partial charge in [-0.1, -0.05) is 36.2 Å². The number of esters is 1. The fourth-order valence-electron chi connectivity index (χ4n) is 3.47. The zero-order valence-electron chi connectivity index (χ0n) is 14.8. The molecule has 0 unspecified atom stereocenters. The van der Waals surface area contributed by atoms with Gasteiger partial charge >= 0.3 is 5.97 Å². The largest absolute Gasteiger partial charge is 0.457 e. The number of aryl methyl sites for hydroxylation is 2. The van der Waals surface area contributed by atoms with Crippen molar-refractivity contribution in [1.82, 2.24) is 9.97 Å². The lowest BCUT2D eigenvalue weighted by molar-refractivity contribution is -0.144. The molecule has 1 aliphatic rings. The zero-order valence-corrected chi connectivity index (χ0v) is 16.4. The Hall–Kier alpha value is -2.18. The van der Waals surface area contributed by atoms with E-state index in [9.17, 15) is 4.79 Å². The van der Waals surface area contributed by atoms with E-state index in [0.29, 0.717) is 16.7 Å². The van der Waals surface area contributed by atoms with Gasteiger partial charge in [0.25, 0.3) is 0 Å². The van der Waals surface area contributed by atoms with Crippen molar-refractivity contribution < 1.29 is 9.53 Å². The van der Waals surface area contributed by atoms with Gasteiger partial charge in [-0.3, -0.25) is 4.79 Å². The van der Waals surface area contributed by atoms with Crippen molar-refractivity contribution in [3.63, 3.8) is 0 Å². The first-order valence-electron chi connectivity index (χ1n) is 9.07. The van der Waals surface area contributed by atoms with Crippen LogP contribution >= 0.6 is 22.9 Å². The van der Waals surface area contributed by atoms with Gasteiger partial charge in [0.2, 0.25) is 0 Å². The van der Waals surface area contributed by atoms with Crippen LogP contribution in [0, 0.1) is 0 Å². The summed E-state index contributed by atoms with van der Waals surface area (Å²) in [6.07, 6.45) is 5.88. The van der Waals surface area contributed by atoms with E-state index in [0.717, 1.165) is 28.6 Å². The van der Waals surface area contributed by atoms with Gasteiger partial charge in [0.1, 0.15) is 10.6 Å². The Morgan fingerprint density at radius 1 is 1.19 bits per heavy atom. The van der Waals surface area contributed by atoms with E-state index in [4.69, 9.17) is 22.1 Å². The molecule has 0 amide bonds. The first kappa shape index (κ1) is 18.2. The van der Waals surface area contributed by atoms with Crippen molar-refractivity contribution in [2.75, 3.05) is 5.73 Å². The summed E-state index contributed by atoms with van der Waals surface area (Å²) < 4.78 is 5.34. The van der Waals surface area contributed by atoms with E-state index >= 15 is 0 Å². The molecule has 0 saturated heterocycles. The summed E-state index contributed by atoms with van der Waals surface area (Å²) in [7, 11) is 0. The SMILES string of the molecule is Nc1nc(COC(=O)Cc2ccccc2Cl)nc2sc3c(c12)CCCCC3. The number of nitrogens with zero attached hydrogens (tertiary/aromatic N) is 2. The predicted octanol–water partition coefficient (Wildman–Crippen LogP) is 4.48. The zero-order chi connectivity index (χ0) is 18.8. The molecule has 0 bridgehead atoms. The van der Waals surface area contributed by atoms with Crippen LogP contribution in [0.2, 0.25) is 5.02 Å². The van der Waals surface area contributed by atoms with Gasteiger partial charge in [-0.05, 0) is 42.9 Å². The van der Waals surface area contributed by atoms with E-state index in [-0.39, 0.29) is 19.0 Å². The minimum atomic E-state index is -0.368. The number of nitrogens with two attached hydrogens (primary N) is 1. The van der Waals surface area contributed by atoms with Crippen molar-refractivity contribution in [2.45, 2.75) is 45.1 Å². The topological polar surface area (TPSA) is 78.1 Å². The van der Waals surface area contributed by atoms with E-state index < -0.39 is 0 Å². The number of nitrogen functional groups attached to an aromatic ring is 1. The summed E-state index contributed by atoms with van der Waals surface area (Å²) >= 11 is 7.78. The highest BCUT2D eigenvalue weighted by molar-refractivity contribution is 7.19. The molecular formula is C20H20ClN3O2S. The van der Waals surface area contributed by atoms with Gasteiger partial charge in [-0.2, -0.15) is 0 Å². The molecule has 0 spiro atoms. The third kappa shape index (κ3) is 3.92. The highest BCUT2D eigenvalue weighted by atomic mass is 35.5. The molecule has 0 atom stereocenters. The smallest absolute Gasteiger partial charge is 0.310 e. The maximum atomic E-state index is 12.1. The Labute approximate surface area is 166 Å². The molecule has 7 heteroatoms. The number of hydrogen-bond donors (Lipinski definition) is 1. The summed E-state index contributed by atoms with van der Waals surface area (Å²) in [4.78, 5) is 23.4. The van der Waals surface area contributed by atoms with Crippen LogP contribution in [0.15, 0.2) is 24.3 Å². The van der Waals surface area contributed by atoms with Crippen LogP contribution < -0.4 is 5.73 Å². The molecule has 0 aliphatic heterocycles. The molecule has 0 saturated carbocycles. The number of fused-ring (bicyclic) bond motifs is 3. The Bertz CT molecular complexity index is 1000. The number of ether oxygens (including phenoxy) is 1. The molecule has 4 rings (SSSR count). The molecule has 140 valence electrons. The summed E-state index contributed by atoms with van der Waals surface area (Å²) in [6, 6.07) is 7.23. The Morgan fingerprint density at radius 3 is 2.85 bits per heavy atom. The van der Waals surface area contributed by atoms with Crippen LogP contribution in [0.4, 0.5) is 5.82 Å². The number of benzene rings is 1. The molecule has 2 aromatic heterocycles. The summed E-state index contributed by atoms with van der Waals surface area (Å²) in [5, 5.41) is 1.54. The third-order valence-corrected chi connectivity index (χ3v) is 6.35. The Balaban J connectivity index is 1.49. The number of carbonyl (C=O) groups excluding carboxylic acids is 1.